The monoisotopic (exact) mass is 388 g/mol. The van der Waals surface area contributed by atoms with E-state index in [9.17, 15) is 9.59 Å². The Bertz CT molecular complexity index is 829. The molecule has 2 aliphatic rings. The number of nitrogens with zero attached hydrogens (tertiary/aromatic N) is 2. The summed E-state index contributed by atoms with van der Waals surface area (Å²) in [5.74, 6) is 1.33. The van der Waals surface area contributed by atoms with Crippen LogP contribution >= 0.6 is 21.6 Å². The fraction of sp³-hybridized carbons (Fsp3) is 0.222. The van der Waals surface area contributed by atoms with E-state index in [4.69, 9.17) is 9.47 Å². The van der Waals surface area contributed by atoms with Crippen LogP contribution < -0.4 is 19.3 Å². The van der Waals surface area contributed by atoms with Gasteiger partial charge in [0.05, 0.1) is 11.4 Å². The highest BCUT2D eigenvalue weighted by Crippen LogP contribution is 2.44. The molecular weight excluding hydrogens is 372 g/mol. The molecule has 0 saturated carbocycles. The maximum absolute atomic E-state index is 11.7. The number of likely N-dealkylation sites (N-methyl/N-ethyl adjacent to an activating group) is 2. The summed E-state index contributed by atoms with van der Waals surface area (Å²) in [6, 6.07) is 11.6. The molecule has 134 valence electrons. The Hall–Kier alpha value is -2.32. The summed E-state index contributed by atoms with van der Waals surface area (Å²) in [5.41, 5.74) is 1.57. The SMILES string of the molecule is CN1C(=O)COc2cc(SSc3ccc4c(c3)OCC(=O)N4C)ccc21. The standard InChI is InChI=1S/C18H16N2O4S2/c1-19-13-5-3-11(7-15(13)23-9-17(19)21)25-26-12-4-6-14-16(8-12)24-10-18(22)20(14)2/h3-8H,9-10H2,1-2H3. The van der Waals surface area contributed by atoms with E-state index in [2.05, 4.69) is 0 Å². The number of hydrogen-bond donors (Lipinski definition) is 0. The molecule has 2 amide bonds. The van der Waals surface area contributed by atoms with Crippen molar-refractivity contribution in [2.75, 3.05) is 37.1 Å². The van der Waals surface area contributed by atoms with E-state index in [0.717, 1.165) is 21.2 Å². The van der Waals surface area contributed by atoms with Crippen molar-refractivity contribution in [3.8, 4) is 11.5 Å². The number of fused-ring (bicyclic) bond motifs is 2. The maximum Gasteiger partial charge on any atom is 0.264 e. The van der Waals surface area contributed by atoms with Crippen LogP contribution in [0.4, 0.5) is 11.4 Å². The van der Waals surface area contributed by atoms with Gasteiger partial charge in [-0.3, -0.25) is 9.59 Å². The minimum atomic E-state index is -0.0511. The van der Waals surface area contributed by atoms with E-state index < -0.39 is 0 Å². The zero-order valence-corrected chi connectivity index (χ0v) is 15.9. The van der Waals surface area contributed by atoms with Crippen LogP contribution in [0.3, 0.4) is 0 Å². The Morgan fingerprint density at radius 3 is 1.62 bits per heavy atom. The van der Waals surface area contributed by atoms with Crippen LogP contribution in [0, 0.1) is 0 Å². The predicted octanol–water partition coefficient (Wildman–Crippen LogP) is 3.20. The van der Waals surface area contributed by atoms with Gasteiger partial charge in [-0.05, 0) is 36.4 Å². The lowest BCUT2D eigenvalue weighted by atomic mass is 10.2. The van der Waals surface area contributed by atoms with Crippen molar-refractivity contribution in [3.63, 3.8) is 0 Å². The van der Waals surface area contributed by atoms with Gasteiger partial charge in [-0.1, -0.05) is 21.6 Å². The molecular formula is C18H16N2O4S2. The number of hydrogen-bond acceptors (Lipinski definition) is 6. The molecule has 6 nitrogen and oxygen atoms in total. The fourth-order valence-electron chi connectivity index (χ4n) is 2.72. The van der Waals surface area contributed by atoms with Crippen molar-refractivity contribution in [2.45, 2.75) is 9.79 Å². The van der Waals surface area contributed by atoms with Crippen molar-refractivity contribution < 1.29 is 19.1 Å². The number of anilines is 2. The van der Waals surface area contributed by atoms with Gasteiger partial charge in [0.1, 0.15) is 11.5 Å². The van der Waals surface area contributed by atoms with E-state index >= 15 is 0 Å². The number of rotatable bonds is 3. The van der Waals surface area contributed by atoms with Crippen molar-refractivity contribution in [1.29, 1.82) is 0 Å². The number of ether oxygens (including phenoxy) is 2. The van der Waals surface area contributed by atoms with E-state index in [1.165, 1.54) is 0 Å². The molecule has 0 N–H and O–H groups in total. The quantitative estimate of drug-likeness (QED) is 0.753. The van der Waals surface area contributed by atoms with Crippen molar-refractivity contribution in [1.82, 2.24) is 0 Å². The van der Waals surface area contributed by atoms with Gasteiger partial charge in [-0.2, -0.15) is 0 Å². The smallest absolute Gasteiger partial charge is 0.264 e. The molecule has 0 aliphatic carbocycles. The first-order valence-electron chi connectivity index (χ1n) is 7.94. The number of carbonyl (C=O) groups is 2. The minimum Gasteiger partial charge on any atom is -0.482 e. The average molecular weight is 388 g/mol. The van der Waals surface area contributed by atoms with Gasteiger partial charge >= 0.3 is 0 Å². The predicted molar refractivity (Wildman–Crippen MR) is 102 cm³/mol. The highest BCUT2D eigenvalue weighted by Gasteiger charge is 2.23. The number of benzene rings is 2. The molecule has 0 spiro atoms. The maximum atomic E-state index is 11.7. The summed E-state index contributed by atoms with van der Waals surface area (Å²) >= 11 is 0. The first-order valence-corrected chi connectivity index (χ1v) is 10.1. The third-order valence-electron chi connectivity index (χ3n) is 4.27. The van der Waals surface area contributed by atoms with Crippen LogP contribution in [-0.4, -0.2) is 39.1 Å². The van der Waals surface area contributed by atoms with Crippen LogP contribution in [0.2, 0.25) is 0 Å². The van der Waals surface area contributed by atoms with Gasteiger partial charge in [-0.25, -0.2) is 0 Å². The first kappa shape index (κ1) is 17.1. The lowest BCUT2D eigenvalue weighted by Gasteiger charge is -2.26. The molecule has 2 heterocycles. The normalized spacial score (nSPS) is 15.9. The molecule has 2 aromatic rings. The molecule has 0 radical (unpaired) electrons. The molecule has 0 atom stereocenters. The largest absolute Gasteiger partial charge is 0.482 e. The highest BCUT2D eigenvalue weighted by molar-refractivity contribution is 8.76. The zero-order valence-electron chi connectivity index (χ0n) is 14.2. The molecule has 4 rings (SSSR count). The number of carbonyl (C=O) groups excluding carboxylic acids is 2. The average Bonchev–Trinajstić information content (AvgIpc) is 2.66. The Morgan fingerprint density at radius 2 is 1.19 bits per heavy atom. The highest BCUT2D eigenvalue weighted by atomic mass is 33.1. The van der Waals surface area contributed by atoms with Crippen LogP contribution in [0.1, 0.15) is 0 Å². The lowest BCUT2D eigenvalue weighted by molar-refractivity contribution is -0.121. The van der Waals surface area contributed by atoms with Crippen molar-refractivity contribution in [2.24, 2.45) is 0 Å². The van der Waals surface area contributed by atoms with Gasteiger partial charge < -0.3 is 19.3 Å². The van der Waals surface area contributed by atoms with Crippen molar-refractivity contribution >= 4 is 44.8 Å². The van der Waals surface area contributed by atoms with E-state index in [-0.39, 0.29) is 25.0 Å². The molecule has 2 aromatic carbocycles. The molecule has 0 aromatic heterocycles. The Kier molecular flexibility index (Phi) is 4.46. The molecule has 26 heavy (non-hydrogen) atoms. The molecule has 0 bridgehead atoms. The molecule has 2 aliphatic heterocycles. The summed E-state index contributed by atoms with van der Waals surface area (Å²) in [6.45, 7) is 0.137. The van der Waals surface area contributed by atoms with Gasteiger partial charge in [-0.15, -0.1) is 0 Å². The van der Waals surface area contributed by atoms with E-state index in [1.54, 1.807) is 45.5 Å². The molecule has 0 fully saturated rings. The van der Waals surface area contributed by atoms with Crippen molar-refractivity contribution in [3.05, 3.63) is 36.4 Å². The second-order valence-electron chi connectivity index (χ2n) is 5.91. The van der Waals surface area contributed by atoms with Gasteiger partial charge in [0.15, 0.2) is 13.2 Å². The Balaban J connectivity index is 1.48. The van der Waals surface area contributed by atoms with Crippen LogP contribution in [0.5, 0.6) is 11.5 Å². The second-order valence-corrected chi connectivity index (χ2v) is 8.18. The van der Waals surface area contributed by atoms with Gasteiger partial charge in [0.2, 0.25) is 0 Å². The Morgan fingerprint density at radius 1 is 0.769 bits per heavy atom. The minimum absolute atomic E-state index is 0.0511. The second kappa shape index (κ2) is 6.77. The summed E-state index contributed by atoms with van der Waals surface area (Å²) in [7, 11) is 6.70. The first-order chi connectivity index (χ1) is 12.5. The molecule has 0 unspecified atom stereocenters. The van der Waals surface area contributed by atoms with E-state index in [1.807, 2.05) is 36.4 Å². The summed E-state index contributed by atoms with van der Waals surface area (Å²) < 4.78 is 11.0. The van der Waals surface area contributed by atoms with Crippen LogP contribution in [-0.2, 0) is 9.59 Å². The zero-order chi connectivity index (χ0) is 18.3. The third kappa shape index (κ3) is 3.10. The third-order valence-corrected chi connectivity index (χ3v) is 6.65. The van der Waals surface area contributed by atoms with Crippen LogP contribution in [0.25, 0.3) is 0 Å². The summed E-state index contributed by atoms with van der Waals surface area (Å²) in [5, 5.41) is 0. The number of amides is 2. The summed E-state index contributed by atoms with van der Waals surface area (Å²) in [6.07, 6.45) is 0. The van der Waals surface area contributed by atoms with Gasteiger partial charge in [0, 0.05) is 23.9 Å². The fourth-order valence-corrected chi connectivity index (χ4v) is 4.66. The Labute approximate surface area is 158 Å². The lowest BCUT2D eigenvalue weighted by Crippen LogP contribution is -2.35. The summed E-state index contributed by atoms with van der Waals surface area (Å²) in [4.78, 5) is 28.6. The molecule has 8 heteroatoms. The van der Waals surface area contributed by atoms with E-state index in [0.29, 0.717) is 11.5 Å². The van der Waals surface area contributed by atoms with Crippen LogP contribution in [0.15, 0.2) is 46.2 Å². The van der Waals surface area contributed by atoms with Gasteiger partial charge in [0.25, 0.3) is 11.8 Å². The molecule has 0 saturated heterocycles. The topological polar surface area (TPSA) is 59.1 Å².